The van der Waals surface area contributed by atoms with E-state index in [1.54, 1.807) is 0 Å². The minimum absolute atomic E-state index is 0.0845. The van der Waals surface area contributed by atoms with Crippen LogP contribution in [0.3, 0.4) is 0 Å². The third kappa shape index (κ3) is 4.96. The summed E-state index contributed by atoms with van der Waals surface area (Å²) in [7, 11) is 0. The van der Waals surface area contributed by atoms with Crippen molar-refractivity contribution in [1.29, 1.82) is 0 Å². The number of rotatable bonds is 3. The molecule has 0 aliphatic heterocycles. The van der Waals surface area contributed by atoms with E-state index in [1.807, 2.05) is 0 Å². The van der Waals surface area contributed by atoms with Gasteiger partial charge in [0, 0.05) is 6.92 Å². The van der Waals surface area contributed by atoms with E-state index in [9.17, 15) is 9.59 Å². The molecule has 0 saturated carbocycles. The lowest BCUT2D eigenvalue weighted by Gasteiger charge is -2.01. The molecule has 1 atom stereocenters. The fraction of sp³-hybridized carbons (Fsp3) is 0.600. The molecule has 9 heavy (non-hydrogen) atoms. The molecule has 0 aromatic heterocycles. The van der Waals surface area contributed by atoms with Crippen molar-refractivity contribution < 1.29 is 14.3 Å². The number of ether oxygens (including phenoxy) is 1. The Morgan fingerprint density at radius 3 is 2.78 bits per heavy atom. The van der Waals surface area contributed by atoms with Crippen molar-refractivity contribution in [1.82, 2.24) is 0 Å². The molecule has 4 nitrogen and oxygen atoms in total. The van der Waals surface area contributed by atoms with Crippen molar-refractivity contribution in [2.45, 2.75) is 13.0 Å². The maximum atomic E-state index is 10.1. The minimum Gasteiger partial charge on any atom is -0.464 e. The van der Waals surface area contributed by atoms with E-state index in [0.29, 0.717) is 0 Å². The zero-order chi connectivity index (χ0) is 7.28. The Hall–Kier alpha value is -0.900. The summed E-state index contributed by atoms with van der Waals surface area (Å²) in [6.45, 7) is 1.16. The van der Waals surface area contributed by atoms with E-state index >= 15 is 0 Å². The summed E-state index contributed by atoms with van der Waals surface area (Å²) in [6.07, 6.45) is 1.47. The highest BCUT2D eigenvalue weighted by Crippen LogP contribution is 1.77. The fourth-order valence-electron chi connectivity index (χ4n) is 0.241. The second-order valence-corrected chi connectivity index (χ2v) is 1.53. The van der Waals surface area contributed by atoms with E-state index in [4.69, 9.17) is 5.73 Å². The molecule has 0 heterocycles. The first-order chi connectivity index (χ1) is 4.16. The van der Waals surface area contributed by atoms with Crippen molar-refractivity contribution in [2.75, 3.05) is 6.61 Å². The smallest absolute Gasteiger partial charge is 0.302 e. The minimum atomic E-state index is -0.811. The molecule has 0 rings (SSSR count). The molecule has 1 radical (unpaired) electrons. The fourth-order valence-corrected chi connectivity index (χ4v) is 0.241. The maximum absolute atomic E-state index is 10.1. The van der Waals surface area contributed by atoms with Crippen molar-refractivity contribution in [3.63, 3.8) is 0 Å². The van der Waals surface area contributed by atoms with Crippen molar-refractivity contribution in [3.8, 4) is 0 Å². The van der Waals surface area contributed by atoms with Gasteiger partial charge in [-0.3, -0.25) is 9.59 Å². The molecule has 0 aliphatic carbocycles. The Bertz CT molecular complexity index is 113. The predicted molar refractivity (Wildman–Crippen MR) is 30.3 cm³/mol. The number of hydrogen-bond donors (Lipinski definition) is 1. The van der Waals surface area contributed by atoms with Gasteiger partial charge in [-0.15, -0.1) is 0 Å². The molecule has 0 saturated heterocycles. The Morgan fingerprint density at radius 2 is 2.44 bits per heavy atom. The Morgan fingerprint density at radius 1 is 1.89 bits per heavy atom. The van der Waals surface area contributed by atoms with Crippen LogP contribution >= 0.6 is 0 Å². The van der Waals surface area contributed by atoms with E-state index in [2.05, 4.69) is 4.74 Å². The molecule has 0 amide bonds. The molecule has 0 spiro atoms. The summed E-state index contributed by atoms with van der Waals surface area (Å²) in [5.74, 6) is -0.444. The largest absolute Gasteiger partial charge is 0.464 e. The summed E-state index contributed by atoms with van der Waals surface area (Å²) in [5.41, 5.74) is 5.02. The van der Waals surface area contributed by atoms with Gasteiger partial charge in [0.2, 0.25) is 6.29 Å². The van der Waals surface area contributed by atoms with Gasteiger partial charge in [-0.05, 0) is 0 Å². The number of carbonyl (C=O) groups excluding carboxylic acids is 2. The lowest BCUT2D eigenvalue weighted by atomic mass is 10.4. The molecule has 0 aliphatic rings. The van der Waals surface area contributed by atoms with E-state index < -0.39 is 12.0 Å². The topological polar surface area (TPSA) is 69.4 Å². The quantitative estimate of drug-likeness (QED) is 0.497. The van der Waals surface area contributed by atoms with Crippen molar-refractivity contribution in [2.24, 2.45) is 5.73 Å². The molecule has 0 aromatic rings. The summed E-state index contributed by atoms with van der Waals surface area (Å²) in [6, 6.07) is -0.811. The first-order valence-electron chi connectivity index (χ1n) is 2.43. The first kappa shape index (κ1) is 8.10. The lowest BCUT2D eigenvalue weighted by molar-refractivity contribution is -0.140. The maximum Gasteiger partial charge on any atom is 0.302 e. The standard InChI is InChI=1S/C5H8NO3/c1-4(8)9-3-5(6)2-7/h5H,3,6H2,1H3/t5-/m1/s1. The van der Waals surface area contributed by atoms with Gasteiger partial charge in [0.1, 0.15) is 12.6 Å². The Labute approximate surface area is 53.0 Å². The third-order valence-electron chi connectivity index (χ3n) is 0.618. The van der Waals surface area contributed by atoms with E-state index in [1.165, 1.54) is 13.2 Å². The highest BCUT2D eigenvalue weighted by Gasteiger charge is 2.01. The van der Waals surface area contributed by atoms with Crippen LogP contribution in [0.25, 0.3) is 0 Å². The Balaban J connectivity index is 3.26. The average molecular weight is 130 g/mol. The number of carbonyl (C=O) groups is 1. The molecular formula is C5H8NO3. The van der Waals surface area contributed by atoms with Gasteiger partial charge in [-0.1, -0.05) is 0 Å². The van der Waals surface area contributed by atoms with Crippen LogP contribution in [0.1, 0.15) is 6.92 Å². The predicted octanol–water partition coefficient (Wildman–Crippen LogP) is -1.01. The normalized spacial score (nSPS) is 12.2. The molecule has 0 fully saturated rings. The SMILES string of the molecule is CC(=O)OC[C@H](N)[C]=O. The van der Waals surface area contributed by atoms with Crippen LogP contribution in [0.4, 0.5) is 0 Å². The molecule has 0 aromatic carbocycles. The van der Waals surface area contributed by atoms with Gasteiger partial charge in [-0.2, -0.15) is 0 Å². The lowest BCUT2D eigenvalue weighted by Crippen LogP contribution is -2.28. The van der Waals surface area contributed by atoms with Crippen LogP contribution in [0.2, 0.25) is 0 Å². The number of nitrogens with two attached hydrogens (primary N) is 1. The molecular weight excluding hydrogens is 122 g/mol. The number of esters is 1. The van der Waals surface area contributed by atoms with Gasteiger partial charge in [0.25, 0.3) is 0 Å². The van der Waals surface area contributed by atoms with Gasteiger partial charge in [-0.25, -0.2) is 0 Å². The van der Waals surface area contributed by atoms with Crippen LogP contribution in [-0.2, 0) is 14.3 Å². The van der Waals surface area contributed by atoms with Crippen LogP contribution in [-0.4, -0.2) is 24.9 Å². The molecule has 0 unspecified atom stereocenters. The number of hydrogen-bond acceptors (Lipinski definition) is 4. The van der Waals surface area contributed by atoms with Crippen LogP contribution < -0.4 is 5.73 Å². The average Bonchev–Trinajstić information content (AvgIpc) is 1.83. The van der Waals surface area contributed by atoms with Crippen LogP contribution in [0, 0.1) is 0 Å². The van der Waals surface area contributed by atoms with E-state index in [0.717, 1.165) is 0 Å². The molecule has 2 N–H and O–H groups in total. The third-order valence-corrected chi connectivity index (χ3v) is 0.618. The summed E-state index contributed by atoms with van der Waals surface area (Å²) < 4.78 is 4.37. The highest BCUT2D eigenvalue weighted by molar-refractivity contribution is 5.66. The van der Waals surface area contributed by atoms with Gasteiger partial charge >= 0.3 is 5.97 Å². The zero-order valence-corrected chi connectivity index (χ0v) is 5.09. The molecule has 4 heteroatoms. The van der Waals surface area contributed by atoms with Crippen molar-refractivity contribution in [3.05, 3.63) is 0 Å². The van der Waals surface area contributed by atoms with Gasteiger partial charge in [0.05, 0.1) is 0 Å². The highest BCUT2D eigenvalue weighted by atomic mass is 16.5. The van der Waals surface area contributed by atoms with Gasteiger partial charge < -0.3 is 10.5 Å². The van der Waals surface area contributed by atoms with Crippen LogP contribution in [0.5, 0.6) is 0 Å². The second-order valence-electron chi connectivity index (χ2n) is 1.53. The Kier molecular flexibility index (Phi) is 3.62. The molecule has 0 bridgehead atoms. The summed E-state index contributed by atoms with van der Waals surface area (Å²) in [4.78, 5) is 19.7. The van der Waals surface area contributed by atoms with Crippen LogP contribution in [0.15, 0.2) is 0 Å². The molecule has 51 valence electrons. The summed E-state index contributed by atoms with van der Waals surface area (Å²) in [5, 5.41) is 0. The van der Waals surface area contributed by atoms with E-state index in [-0.39, 0.29) is 6.61 Å². The van der Waals surface area contributed by atoms with Gasteiger partial charge in [0.15, 0.2) is 0 Å². The van der Waals surface area contributed by atoms with Crippen molar-refractivity contribution >= 4 is 12.3 Å². The monoisotopic (exact) mass is 130 g/mol. The first-order valence-corrected chi connectivity index (χ1v) is 2.43. The summed E-state index contributed by atoms with van der Waals surface area (Å²) >= 11 is 0. The zero-order valence-electron chi connectivity index (χ0n) is 5.09. The second kappa shape index (κ2) is 4.03.